The molecule has 8 heteroatoms. The predicted octanol–water partition coefficient (Wildman–Crippen LogP) is -4.32. The summed E-state index contributed by atoms with van der Waals surface area (Å²) in [5.74, 6) is -2.32. The molecule has 1 heterocycles. The van der Waals surface area contributed by atoms with Crippen LogP contribution in [0.5, 0.6) is 0 Å². The highest BCUT2D eigenvalue weighted by Crippen LogP contribution is 2.19. The Balaban J connectivity index is 2.79. The van der Waals surface area contributed by atoms with Crippen LogP contribution in [0.1, 0.15) is 6.92 Å². The second kappa shape index (κ2) is 4.74. The van der Waals surface area contributed by atoms with Gasteiger partial charge < -0.3 is 35.3 Å². The van der Waals surface area contributed by atoms with Crippen LogP contribution in [0.3, 0.4) is 0 Å². The van der Waals surface area contributed by atoms with E-state index in [1.54, 1.807) is 0 Å². The van der Waals surface area contributed by atoms with E-state index in [9.17, 15) is 30.0 Å². The monoisotopic (exact) mass is 234 g/mol. The average molecular weight is 234 g/mol. The van der Waals surface area contributed by atoms with E-state index >= 15 is 0 Å². The first kappa shape index (κ1) is 12.8. The molecule has 4 N–H and O–H groups in total. The summed E-state index contributed by atoms with van der Waals surface area (Å²) in [6.45, 7) is 1.14. The molecule has 92 valence electrons. The highest BCUT2D eigenvalue weighted by atomic mass is 16.6. The van der Waals surface area contributed by atoms with E-state index < -0.39 is 42.5 Å². The number of hydrogen-bond acceptors (Lipinski definition) is 7. The minimum absolute atomic E-state index is 0.564. The Kier molecular flexibility index (Phi) is 3.81. The number of amides is 1. The molecule has 0 spiro atoms. The Labute approximate surface area is 90.5 Å². The van der Waals surface area contributed by atoms with Crippen LogP contribution in [0.15, 0.2) is 0 Å². The van der Waals surface area contributed by atoms with E-state index in [1.165, 1.54) is 0 Å². The molecule has 0 radical (unpaired) electrons. The average Bonchev–Trinajstić information content (AvgIpc) is 2.17. The lowest BCUT2D eigenvalue weighted by molar-refractivity contribution is -0.338. The zero-order valence-electron chi connectivity index (χ0n) is 8.36. The molecule has 5 atom stereocenters. The highest BCUT2D eigenvalue weighted by molar-refractivity contribution is 5.74. The standard InChI is InChI=1S/C8H13NO7/c1-2(10)9-3-4(11)5(12)6(7(13)14)16-8(3)15/h3-6,8,11-12,15H,1H3,(H,9,10)(H,13,14)/p-1/t3-,4+,5-,6-,8+/m0/s1. The predicted molar refractivity (Wildman–Crippen MR) is 45.5 cm³/mol. The zero-order chi connectivity index (χ0) is 12.5. The van der Waals surface area contributed by atoms with Gasteiger partial charge >= 0.3 is 0 Å². The Hall–Kier alpha value is -1.22. The van der Waals surface area contributed by atoms with E-state index in [-0.39, 0.29) is 0 Å². The van der Waals surface area contributed by atoms with Gasteiger partial charge in [-0.3, -0.25) is 4.79 Å². The summed E-state index contributed by atoms with van der Waals surface area (Å²) in [6.07, 6.45) is -7.01. The van der Waals surface area contributed by atoms with Crippen LogP contribution < -0.4 is 10.4 Å². The van der Waals surface area contributed by atoms with Gasteiger partial charge in [0.15, 0.2) is 6.29 Å². The first-order valence-electron chi connectivity index (χ1n) is 4.52. The van der Waals surface area contributed by atoms with E-state index in [4.69, 9.17) is 0 Å². The molecule has 0 aliphatic carbocycles. The van der Waals surface area contributed by atoms with Crippen molar-refractivity contribution in [1.82, 2.24) is 5.32 Å². The van der Waals surface area contributed by atoms with Crippen LogP contribution in [0.2, 0.25) is 0 Å². The minimum atomic E-state index is -1.84. The maximum absolute atomic E-state index is 10.7. The van der Waals surface area contributed by atoms with Crippen LogP contribution in [0.4, 0.5) is 0 Å². The fourth-order valence-electron chi connectivity index (χ4n) is 1.46. The summed E-state index contributed by atoms with van der Waals surface area (Å²) in [4.78, 5) is 21.2. The number of carbonyl (C=O) groups excluding carboxylic acids is 2. The SMILES string of the molecule is CC(=O)N[C@H]1[C@@H](O)[C@H](O)[C@@H](C(=O)[O-])O[C@H]1O. The normalized spacial score (nSPS) is 39.1. The molecule has 1 saturated heterocycles. The highest BCUT2D eigenvalue weighted by Gasteiger charge is 2.44. The van der Waals surface area contributed by atoms with E-state index in [1.807, 2.05) is 0 Å². The molecule has 0 saturated carbocycles. The van der Waals surface area contributed by atoms with Crippen molar-refractivity contribution < 1.29 is 34.8 Å². The Morgan fingerprint density at radius 3 is 2.25 bits per heavy atom. The number of aliphatic hydroxyl groups excluding tert-OH is 3. The molecule has 1 rings (SSSR count). The maximum Gasteiger partial charge on any atom is 0.217 e. The van der Waals surface area contributed by atoms with Gasteiger partial charge in [0, 0.05) is 6.92 Å². The number of carbonyl (C=O) groups is 2. The number of ether oxygens (including phenoxy) is 1. The second-order valence-electron chi connectivity index (χ2n) is 3.47. The molecule has 1 aliphatic heterocycles. The molecule has 8 nitrogen and oxygen atoms in total. The molecule has 16 heavy (non-hydrogen) atoms. The van der Waals surface area contributed by atoms with Crippen molar-refractivity contribution in [1.29, 1.82) is 0 Å². The van der Waals surface area contributed by atoms with Crippen molar-refractivity contribution in [2.75, 3.05) is 0 Å². The number of hydrogen-bond donors (Lipinski definition) is 4. The Morgan fingerprint density at radius 1 is 1.25 bits per heavy atom. The molecule has 0 aromatic rings. The van der Waals surface area contributed by atoms with Crippen LogP contribution in [-0.4, -0.2) is 57.8 Å². The van der Waals surface area contributed by atoms with Gasteiger partial charge in [-0.15, -0.1) is 0 Å². The smallest absolute Gasteiger partial charge is 0.217 e. The van der Waals surface area contributed by atoms with Gasteiger partial charge in [0.25, 0.3) is 0 Å². The third-order valence-corrected chi connectivity index (χ3v) is 2.22. The molecule has 1 aliphatic rings. The van der Waals surface area contributed by atoms with Crippen LogP contribution in [-0.2, 0) is 14.3 Å². The number of nitrogens with one attached hydrogen (secondary N) is 1. The van der Waals surface area contributed by atoms with Crippen molar-refractivity contribution in [3.63, 3.8) is 0 Å². The molecular formula is C8H12NO7-. The van der Waals surface area contributed by atoms with E-state index in [2.05, 4.69) is 10.1 Å². The molecule has 1 fully saturated rings. The third-order valence-electron chi connectivity index (χ3n) is 2.22. The van der Waals surface area contributed by atoms with Gasteiger partial charge in [-0.25, -0.2) is 0 Å². The molecule has 0 bridgehead atoms. The number of carboxylic acids is 1. The van der Waals surface area contributed by atoms with E-state index in [0.29, 0.717) is 0 Å². The summed E-state index contributed by atoms with van der Waals surface area (Å²) in [5.41, 5.74) is 0. The molecule has 0 aromatic heterocycles. The van der Waals surface area contributed by atoms with Gasteiger partial charge in [-0.05, 0) is 0 Å². The maximum atomic E-state index is 10.7. The van der Waals surface area contributed by atoms with Crippen molar-refractivity contribution in [2.24, 2.45) is 0 Å². The number of rotatable bonds is 2. The summed E-state index contributed by atoms with van der Waals surface area (Å²) in [5, 5.41) is 40.8. The fraction of sp³-hybridized carbons (Fsp3) is 0.750. The molecular weight excluding hydrogens is 222 g/mol. The second-order valence-corrected chi connectivity index (χ2v) is 3.47. The number of aliphatic hydroxyl groups is 3. The lowest BCUT2D eigenvalue weighted by atomic mass is 9.97. The fourth-order valence-corrected chi connectivity index (χ4v) is 1.46. The Bertz CT molecular complexity index is 294. The van der Waals surface area contributed by atoms with Crippen molar-refractivity contribution in [2.45, 2.75) is 37.6 Å². The Morgan fingerprint density at radius 2 is 1.81 bits per heavy atom. The minimum Gasteiger partial charge on any atom is -0.547 e. The van der Waals surface area contributed by atoms with Crippen molar-refractivity contribution in [3.8, 4) is 0 Å². The van der Waals surface area contributed by atoms with Crippen molar-refractivity contribution >= 4 is 11.9 Å². The first-order chi connectivity index (χ1) is 7.34. The van der Waals surface area contributed by atoms with Crippen LogP contribution in [0.25, 0.3) is 0 Å². The van der Waals surface area contributed by atoms with E-state index in [0.717, 1.165) is 6.92 Å². The quantitative estimate of drug-likeness (QED) is 0.379. The van der Waals surface area contributed by atoms with Gasteiger partial charge in [0.1, 0.15) is 24.4 Å². The first-order valence-corrected chi connectivity index (χ1v) is 4.52. The lowest BCUT2D eigenvalue weighted by Gasteiger charge is -2.41. The third kappa shape index (κ3) is 2.47. The summed E-state index contributed by atoms with van der Waals surface area (Å²) < 4.78 is 4.51. The van der Waals surface area contributed by atoms with Gasteiger partial charge in [-0.1, -0.05) is 0 Å². The summed E-state index contributed by atoms with van der Waals surface area (Å²) in [6, 6.07) is -1.29. The lowest BCUT2D eigenvalue weighted by Crippen LogP contribution is -2.66. The van der Waals surface area contributed by atoms with Gasteiger partial charge in [0.2, 0.25) is 5.91 Å². The van der Waals surface area contributed by atoms with Gasteiger partial charge in [0.05, 0.1) is 5.97 Å². The molecule has 0 aromatic carbocycles. The summed E-state index contributed by atoms with van der Waals surface area (Å²) >= 11 is 0. The van der Waals surface area contributed by atoms with Gasteiger partial charge in [-0.2, -0.15) is 0 Å². The number of carboxylic acid groups (broad SMARTS) is 1. The summed E-state index contributed by atoms with van der Waals surface area (Å²) in [7, 11) is 0. The van der Waals surface area contributed by atoms with Crippen LogP contribution >= 0.6 is 0 Å². The molecule has 0 unspecified atom stereocenters. The van der Waals surface area contributed by atoms with Crippen molar-refractivity contribution in [3.05, 3.63) is 0 Å². The van der Waals surface area contributed by atoms with Crippen LogP contribution in [0, 0.1) is 0 Å². The largest absolute Gasteiger partial charge is 0.547 e. The molecule has 1 amide bonds. The number of aliphatic carboxylic acids is 1. The topological polar surface area (TPSA) is 139 Å². The zero-order valence-corrected chi connectivity index (χ0v) is 8.36.